The monoisotopic (exact) mass is 184 g/mol. The number of hydrogen-bond acceptors (Lipinski definition) is 3. The van der Waals surface area contributed by atoms with Crippen LogP contribution in [0.3, 0.4) is 0 Å². The van der Waals surface area contributed by atoms with Gasteiger partial charge in [-0.1, -0.05) is 0 Å². The molecule has 1 saturated heterocycles. The van der Waals surface area contributed by atoms with E-state index in [0.717, 1.165) is 32.4 Å². The van der Waals surface area contributed by atoms with Crippen LogP contribution in [0.1, 0.15) is 32.1 Å². The van der Waals surface area contributed by atoms with E-state index in [1.54, 1.807) is 0 Å². The topological polar surface area (TPSA) is 44.3 Å². The van der Waals surface area contributed by atoms with E-state index in [-0.39, 0.29) is 5.60 Å². The van der Waals surface area contributed by atoms with Gasteiger partial charge in [-0.15, -0.1) is 0 Å². The predicted octanol–water partition coefficient (Wildman–Crippen LogP) is 0.243. The van der Waals surface area contributed by atoms with Crippen molar-refractivity contribution in [3.63, 3.8) is 0 Å². The highest BCUT2D eigenvalue weighted by Gasteiger charge is 2.39. The third-order valence-corrected chi connectivity index (χ3v) is 3.15. The molecule has 0 bridgehead atoms. The van der Waals surface area contributed by atoms with Crippen LogP contribution in [0.25, 0.3) is 0 Å². The van der Waals surface area contributed by atoms with Crippen LogP contribution in [0.15, 0.2) is 0 Å². The lowest BCUT2D eigenvalue weighted by Crippen LogP contribution is -2.35. The van der Waals surface area contributed by atoms with E-state index in [1.807, 2.05) is 0 Å². The SMILES string of the molecule is OC1(CCNCC2CCCN2)CC1. The minimum atomic E-state index is -0.282. The molecule has 0 aromatic heterocycles. The molecule has 0 aromatic carbocycles. The van der Waals surface area contributed by atoms with Gasteiger partial charge in [0.15, 0.2) is 0 Å². The smallest absolute Gasteiger partial charge is 0.0662 e. The second-order valence-corrected chi connectivity index (χ2v) is 4.47. The first kappa shape index (κ1) is 9.44. The van der Waals surface area contributed by atoms with Crippen LogP contribution < -0.4 is 10.6 Å². The molecule has 1 heterocycles. The molecule has 0 amide bonds. The third kappa shape index (κ3) is 2.93. The standard InChI is InChI=1S/C10H20N2O/c13-10(3-4-10)5-7-11-8-9-2-1-6-12-9/h9,11-13H,1-8H2. The summed E-state index contributed by atoms with van der Waals surface area (Å²) >= 11 is 0. The van der Waals surface area contributed by atoms with E-state index >= 15 is 0 Å². The van der Waals surface area contributed by atoms with Crippen LogP contribution in [0.5, 0.6) is 0 Å². The van der Waals surface area contributed by atoms with Crippen molar-refractivity contribution >= 4 is 0 Å². The molecule has 76 valence electrons. The van der Waals surface area contributed by atoms with Crippen molar-refractivity contribution in [3.05, 3.63) is 0 Å². The van der Waals surface area contributed by atoms with Crippen LogP contribution in [0.4, 0.5) is 0 Å². The van der Waals surface area contributed by atoms with E-state index in [4.69, 9.17) is 0 Å². The number of nitrogens with one attached hydrogen (secondary N) is 2. The van der Waals surface area contributed by atoms with Gasteiger partial charge in [-0.2, -0.15) is 0 Å². The largest absolute Gasteiger partial charge is 0.390 e. The summed E-state index contributed by atoms with van der Waals surface area (Å²) in [6, 6.07) is 0.675. The second kappa shape index (κ2) is 3.95. The van der Waals surface area contributed by atoms with E-state index in [0.29, 0.717) is 6.04 Å². The maximum Gasteiger partial charge on any atom is 0.0662 e. The Morgan fingerprint density at radius 2 is 2.31 bits per heavy atom. The Labute approximate surface area is 79.9 Å². The van der Waals surface area contributed by atoms with E-state index in [2.05, 4.69) is 10.6 Å². The summed E-state index contributed by atoms with van der Waals surface area (Å²) in [5, 5.41) is 16.4. The number of aliphatic hydroxyl groups is 1. The molecular weight excluding hydrogens is 164 g/mol. The van der Waals surface area contributed by atoms with Crippen molar-refractivity contribution in [2.45, 2.75) is 43.7 Å². The van der Waals surface area contributed by atoms with E-state index in [1.165, 1.54) is 19.4 Å². The molecule has 13 heavy (non-hydrogen) atoms. The Morgan fingerprint density at radius 1 is 1.46 bits per heavy atom. The average Bonchev–Trinajstić information content (AvgIpc) is 2.69. The summed E-state index contributed by atoms with van der Waals surface area (Å²) in [5.74, 6) is 0. The summed E-state index contributed by atoms with van der Waals surface area (Å²) in [6.07, 6.45) is 5.57. The van der Waals surface area contributed by atoms with Crippen molar-refractivity contribution in [2.75, 3.05) is 19.6 Å². The van der Waals surface area contributed by atoms with Crippen molar-refractivity contribution in [1.29, 1.82) is 0 Å². The zero-order chi connectivity index (χ0) is 9.15. The first-order valence-corrected chi connectivity index (χ1v) is 5.45. The summed E-state index contributed by atoms with van der Waals surface area (Å²) in [7, 11) is 0. The zero-order valence-corrected chi connectivity index (χ0v) is 8.18. The molecule has 2 aliphatic rings. The van der Waals surface area contributed by atoms with Crippen LogP contribution in [-0.4, -0.2) is 36.4 Å². The fourth-order valence-electron chi connectivity index (χ4n) is 1.92. The van der Waals surface area contributed by atoms with E-state index < -0.39 is 0 Å². The van der Waals surface area contributed by atoms with Gasteiger partial charge in [0.1, 0.15) is 0 Å². The molecule has 1 unspecified atom stereocenters. The lowest BCUT2D eigenvalue weighted by atomic mass is 10.2. The van der Waals surface area contributed by atoms with Crippen molar-refractivity contribution in [2.24, 2.45) is 0 Å². The minimum absolute atomic E-state index is 0.282. The Hall–Kier alpha value is -0.120. The number of hydrogen-bond donors (Lipinski definition) is 3. The maximum atomic E-state index is 9.57. The molecule has 2 rings (SSSR count). The van der Waals surface area contributed by atoms with Gasteiger partial charge in [0.25, 0.3) is 0 Å². The Kier molecular flexibility index (Phi) is 2.86. The van der Waals surface area contributed by atoms with Crippen molar-refractivity contribution < 1.29 is 5.11 Å². The molecule has 2 fully saturated rings. The Bertz CT molecular complexity index is 162. The van der Waals surface area contributed by atoms with Gasteiger partial charge in [0.2, 0.25) is 0 Å². The van der Waals surface area contributed by atoms with Crippen LogP contribution >= 0.6 is 0 Å². The molecule has 1 atom stereocenters. The fraction of sp³-hybridized carbons (Fsp3) is 1.00. The molecule has 1 aliphatic carbocycles. The predicted molar refractivity (Wildman–Crippen MR) is 52.7 cm³/mol. The third-order valence-electron chi connectivity index (χ3n) is 3.15. The number of rotatable bonds is 5. The summed E-state index contributed by atoms with van der Waals surface area (Å²) < 4.78 is 0. The summed E-state index contributed by atoms with van der Waals surface area (Å²) in [4.78, 5) is 0. The molecule has 1 aliphatic heterocycles. The van der Waals surface area contributed by atoms with Crippen molar-refractivity contribution in [3.8, 4) is 0 Å². The summed E-state index contributed by atoms with van der Waals surface area (Å²) in [6.45, 7) is 3.21. The van der Waals surface area contributed by atoms with Gasteiger partial charge >= 0.3 is 0 Å². The van der Waals surface area contributed by atoms with Gasteiger partial charge in [0, 0.05) is 12.6 Å². The van der Waals surface area contributed by atoms with Crippen LogP contribution in [0.2, 0.25) is 0 Å². The first-order chi connectivity index (χ1) is 6.29. The normalized spacial score (nSPS) is 30.7. The molecule has 3 heteroatoms. The molecule has 3 N–H and O–H groups in total. The van der Waals surface area contributed by atoms with Crippen LogP contribution in [0, 0.1) is 0 Å². The van der Waals surface area contributed by atoms with Gasteiger partial charge in [-0.25, -0.2) is 0 Å². The second-order valence-electron chi connectivity index (χ2n) is 4.47. The highest BCUT2D eigenvalue weighted by Crippen LogP contribution is 2.37. The lowest BCUT2D eigenvalue weighted by molar-refractivity contribution is 0.139. The first-order valence-electron chi connectivity index (χ1n) is 5.45. The van der Waals surface area contributed by atoms with Gasteiger partial charge in [0.05, 0.1) is 5.60 Å². The molecule has 0 aromatic rings. The fourth-order valence-corrected chi connectivity index (χ4v) is 1.92. The minimum Gasteiger partial charge on any atom is -0.390 e. The molecular formula is C10H20N2O. The lowest BCUT2D eigenvalue weighted by Gasteiger charge is -2.12. The Balaban J connectivity index is 1.48. The van der Waals surface area contributed by atoms with E-state index in [9.17, 15) is 5.11 Å². The Morgan fingerprint density at radius 3 is 2.92 bits per heavy atom. The average molecular weight is 184 g/mol. The molecule has 1 saturated carbocycles. The summed E-state index contributed by atoms with van der Waals surface area (Å²) in [5.41, 5.74) is -0.282. The van der Waals surface area contributed by atoms with Gasteiger partial charge in [-0.05, 0) is 45.2 Å². The maximum absolute atomic E-state index is 9.57. The molecule has 0 spiro atoms. The highest BCUT2D eigenvalue weighted by atomic mass is 16.3. The zero-order valence-electron chi connectivity index (χ0n) is 8.18. The van der Waals surface area contributed by atoms with Crippen molar-refractivity contribution in [1.82, 2.24) is 10.6 Å². The van der Waals surface area contributed by atoms with Gasteiger partial charge in [-0.3, -0.25) is 0 Å². The quantitative estimate of drug-likeness (QED) is 0.536. The van der Waals surface area contributed by atoms with Crippen LogP contribution in [-0.2, 0) is 0 Å². The molecule has 0 radical (unpaired) electrons. The highest BCUT2D eigenvalue weighted by molar-refractivity contribution is 4.93. The molecule has 3 nitrogen and oxygen atoms in total. The van der Waals surface area contributed by atoms with Gasteiger partial charge < -0.3 is 15.7 Å².